The third-order valence-electron chi connectivity index (χ3n) is 9.02. The lowest BCUT2D eigenvalue weighted by Crippen LogP contribution is -2.48. The van der Waals surface area contributed by atoms with Crippen LogP contribution in [0.15, 0.2) is 59.7 Å². The number of nitrogens with zero attached hydrogens (tertiary/aromatic N) is 9. The summed E-state index contributed by atoms with van der Waals surface area (Å²) in [4.78, 5) is 26.9. The molecule has 15 heteroatoms. The van der Waals surface area contributed by atoms with Gasteiger partial charge in [0.25, 0.3) is 0 Å². The molecule has 5 aromatic rings. The van der Waals surface area contributed by atoms with E-state index in [2.05, 4.69) is 73.4 Å². The van der Waals surface area contributed by atoms with E-state index in [1.165, 1.54) is 0 Å². The van der Waals surface area contributed by atoms with Crippen molar-refractivity contribution in [1.29, 1.82) is 0 Å². The van der Waals surface area contributed by atoms with Gasteiger partial charge in [0.15, 0.2) is 0 Å². The number of aromatic nitrogens is 6. The van der Waals surface area contributed by atoms with Gasteiger partial charge in [0.2, 0.25) is 11.5 Å². The van der Waals surface area contributed by atoms with Gasteiger partial charge >= 0.3 is 0 Å². The fourth-order valence-electron chi connectivity index (χ4n) is 6.33. The number of piperazine rings is 1. The average molecular weight is 743 g/mol. The number of methoxy groups -OCH3 is 1. The lowest BCUT2D eigenvalue weighted by molar-refractivity contribution is 0.246. The van der Waals surface area contributed by atoms with Crippen LogP contribution in [-0.2, 0) is 11.6 Å². The molecule has 0 amide bonds. The van der Waals surface area contributed by atoms with E-state index in [9.17, 15) is 4.57 Å². The molecule has 0 radical (unpaired) electrons. The van der Waals surface area contributed by atoms with Crippen LogP contribution in [0.4, 0.5) is 28.8 Å². The van der Waals surface area contributed by atoms with Crippen LogP contribution in [0, 0.1) is 6.57 Å². The predicted octanol–water partition coefficient (Wildman–Crippen LogP) is 5.90. The first-order chi connectivity index (χ1) is 23.6. The number of hydrogen-bond acceptors (Lipinski definition) is 11. The van der Waals surface area contributed by atoms with E-state index in [-0.39, 0.29) is 5.54 Å². The molecule has 252 valence electrons. The van der Waals surface area contributed by atoms with Crippen molar-refractivity contribution in [2.24, 2.45) is 7.05 Å². The normalized spacial score (nSPS) is 16.0. The van der Waals surface area contributed by atoms with Crippen LogP contribution in [0.25, 0.3) is 27.0 Å². The largest absolute Gasteiger partial charge is 0.494 e. The molecule has 0 unspecified atom stereocenters. The topological polar surface area (TPSA) is 131 Å². The fourth-order valence-corrected chi connectivity index (χ4v) is 8.02. The molecule has 0 atom stereocenters. The van der Waals surface area contributed by atoms with E-state index in [4.69, 9.17) is 16.3 Å². The summed E-state index contributed by atoms with van der Waals surface area (Å²) in [5, 5.41) is 11.8. The molecule has 4 heterocycles. The van der Waals surface area contributed by atoms with Crippen molar-refractivity contribution < 1.29 is 9.30 Å². The van der Waals surface area contributed by atoms with E-state index in [0.29, 0.717) is 49.7 Å². The van der Waals surface area contributed by atoms with Crippen molar-refractivity contribution >= 4 is 68.2 Å². The molecular formula is C34H37BrN11O2P. The summed E-state index contributed by atoms with van der Waals surface area (Å²) < 4.78 is 21.8. The van der Waals surface area contributed by atoms with E-state index in [0.717, 1.165) is 62.4 Å². The van der Waals surface area contributed by atoms with E-state index >= 15 is 0 Å². The average Bonchev–Trinajstić information content (AvgIpc) is 3.73. The molecule has 1 saturated carbocycles. The molecule has 7 rings (SSSR count). The maximum Gasteiger partial charge on any atom is 0.245 e. The first-order valence-corrected chi connectivity index (χ1v) is 19.4. The maximum absolute atomic E-state index is 13.5. The number of fused-ring (bicyclic) bond motifs is 1. The Morgan fingerprint density at radius 3 is 2.49 bits per heavy atom. The highest BCUT2D eigenvalue weighted by Gasteiger charge is 2.52. The van der Waals surface area contributed by atoms with E-state index in [1.807, 2.05) is 31.6 Å². The van der Waals surface area contributed by atoms with Crippen molar-refractivity contribution in [2.75, 3.05) is 68.7 Å². The molecule has 1 saturated heterocycles. The van der Waals surface area contributed by atoms with Gasteiger partial charge in [-0.05, 0) is 47.5 Å². The summed E-state index contributed by atoms with van der Waals surface area (Å²) in [5.74, 6) is 1.47. The van der Waals surface area contributed by atoms with Crippen molar-refractivity contribution in [3.05, 3.63) is 71.1 Å². The van der Waals surface area contributed by atoms with Crippen molar-refractivity contribution in [2.45, 2.75) is 18.4 Å². The molecule has 13 nitrogen and oxygen atoms in total. The zero-order valence-electron chi connectivity index (χ0n) is 27.8. The minimum absolute atomic E-state index is 0.162. The summed E-state index contributed by atoms with van der Waals surface area (Å²) in [6.45, 7) is 15.4. The molecule has 2 aliphatic rings. The minimum atomic E-state index is -2.77. The summed E-state index contributed by atoms with van der Waals surface area (Å²) >= 11 is 3.58. The van der Waals surface area contributed by atoms with Crippen LogP contribution in [0.2, 0.25) is 0 Å². The van der Waals surface area contributed by atoms with Gasteiger partial charge in [-0.25, -0.2) is 11.6 Å². The molecule has 2 fully saturated rings. The smallest absolute Gasteiger partial charge is 0.245 e. The molecule has 2 aromatic carbocycles. The second-order valence-electron chi connectivity index (χ2n) is 12.9. The number of rotatable bonds is 10. The predicted molar refractivity (Wildman–Crippen MR) is 197 cm³/mol. The Hall–Kier alpha value is -4.57. The number of anilines is 5. The van der Waals surface area contributed by atoms with Gasteiger partial charge in [0, 0.05) is 93.7 Å². The molecule has 1 aliphatic heterocycles. The first kappa shape index (κ1) is 33.0. The third-order valence-corrected chi connectivity index (χ3v) is 11.1. The Morgan fingerprint density at radius 1 is 1.04 bits per heavy atom. The zero-order chi connectivity index (χ0) is 34.3. The van der Waals surface area contributed by atoms with Crippen LogP contribution >= 0.6 is 23.1 Å². The van der Waals surface area contributed by atoms with Gasteiger partial charge in [-0.3, -0.25) is 19.5 Å². The summed E-state index contributed by atoms with van der Waals surface area (Å²) in [6, 6.07) is 7.81. The Labute approximate surface area is 293 Å². The minimum Gasteiger partial charge on any atom is -0.494 e. The number of benzene rings is 2. The lowest BCUT2D eigenvalue weighted by atomic mass is 10.0. The number of nitrogens with one attached hydrogen (secondary N) is 2. The van der Waals surface area contributed by atoms with Gasteiger partial charge < -0.3 is 29.7 Å². The lowest BCUT2D eigenvalue weighted by Gasteiger charge is -2.37. The van der Waals surface area contributed by atoms with Crippen molar-refractivity contribution in [3.63, 3.8) is 0 Å². The van der Waals surface area contributed by atoms with Gasteiger partial charge in [0.1, 0.15) is 24.2 Å². The van der Waals surface area contributed by atoms with Crippen molar-refractivity contribution in [3.8, 4) is 16.9 Å². The number of ether oxygens (including phenoxy) is 1. The molecule has 3 aromatic heterocycles. The van der Waals surface area contributed by atoms with Crippen LogP contribution < -0.4 is 25.6 Å². The third kappa shape index (κ3) is 6.84. The highest BCUT2D eigenvalue weighted by atomic mass is 79.9. The second-order valence-corrected chi connectivity index (χ2v) is 17.0. The molecule has 49 heavy (non-hydrogen) atoms. The number of aryl methyl sites for hydroxylation is 1. The Balaban J connectivity index is 1.19. The monoisotopic (exact) mass is 741 g/mol. The van der Waals surface area contributed by atoms with Gasteiger partial charge in [-0.2, -0.15) is 10.1 Å². The van der Waals surface area contributed by atoms with Crippen molar-refractivity contribution in [1.82, 2.24) is 34.6 Å². The Bertz CT molecular complexity index is 2130. The zero-order valence-corrected chi connectivity index (χ0v) is 30.3. The Morgan fingerprint density at radius 2 is 1.82 bits per heavy atom. The summed E-state index contributed by atoms with van der Waals surface area (Å²) in [5.41, 5.74) is 5.46. The standard InChI is InChI=1S/C34H37BrN11O2P/c1-36-34(8-9-34)21-45-12-14-46(15-13-45)28-17-29(48-3)27(16-23(28)22-18-40-44(2)20-22)42-33-39-19-24(35)32(43-33)41-26-7-6-25-30(38-11-10-37-25)31(26)49(4,5)47/h6-7,10-11,16-20H,8-9,12-15,21H2,2-5H3,(H2,39,41,42,43). The van der Waals surface area contributed by atoms with Crippen LogP contribution in [0.5, 0.6) is 5.75 Å². The highest BCUT2D eigenvalue weighted by Crippen LogP contribution is 2.44. The fraction of sp³-hybridized carbons (Fsp3) is 0.353. The van der Waals surface area contributed by atoms with Crippen LogP contribution in [-0.4, -0.2) is 93.3 Å². The van der Waals surface area contributed by atoms with Crippen LogP contribution in [0.3, 0.4) is 0 Å². The second kappa shape index (κ2) is 13.0. The van der Waals surface area contributed by atoms with Gasteiger partial charge in [-0.1, -0.05) is 0 Å². The van der Waals surface area contributed by atoms with E-state index in [1.54, 1.807) is 43.7 Å². The van der Waals surface area contributed by atoms with Crippen LogP contribution in [0.1, 0.15) is 12.8 Å². The van der Waals surface area contributed by atoms with Gasteiger partial charge in [0.05, 0.1) is 46.5 Å². The molecule has 2 N–H and O–H groups in total. The summed E-state index contributed by atoms with van der Waals surface area (Å²) in [6.07, 6.45) is 10.8. The first-order valence-electron chi connectivity index (χ1n) is 16.0. The number of hydrogen-bond donors (Lipinski definition) is 2. The Kier molecular flexibility index (Phi) is 8.77. The highest BCUT2D eigenvalue weighted by molar-refractivity contribution is 9.10. The molecular weight excluding hydrogens is 705 g/mol. The summed E-state index contributed by atoms with van der Waals surface area (Å²) in [7, 11) is 0.784. The molecule has 0 spiro atoms. The number of halogens is 1. The van der Waals surface area contributed by atoms with E-state index < -0.39 is 7.14 Å². The van der Waals surface area contributed by atoms with Gasteiger partial charge in [-0.15, -0.1) is 0 Å². The maximum atomic E-state index is 13.5. The molecule has 1 aliphatic carbocycles. The SMILES string of the molecule is [C-]#[N+]C1(CN2CCN(c3cc(OC)c(Nc4ncc(Br)c(Nc5ccc6nccnc6c5P(C)(C)=O)n4)cc3-c3cnn(C)c3)CC2)CC1. The quantitative estimate of drug-likeness (QED) is 0.131. The molecule has 0 bridgehead atoms.